The summed E-state index contributed by atoms with van der Waals surface area (Å²) in [6.45, 7) is -7.74. The minimum absolute atomic E-state index is 0.00116. The van der Waals surface area contributed by atoms with Gasteiger partial charge in [-0.2, -0.15) is 0 Å². The highest BCUT2D eigenvalue weighted by molar-refractivity contribution is 7.93. The first-order valence-corrected chi connectivity index (χ1v) is 32.3. The molecule has 9 heterocycles. The molecule has 0 saturated carbocycles. The number of carbonyl (C=O) groups excluding carboxylic acids is 3. The molecule has 3 aliphatic rings. The van der Waals surface area contributed by atoms with E-state index in [1.807, 2.05) is 11.6 Å². The predicted octanol–water partition coefficient (Wildman–Crippen LogP) is 11.9. The Bertz CT molecular complexity index is 5110. The maximum absolute atomic E-state index is 13.1. The van der Waals surface area contributed by atoms with Gasteiger partial charge in [0.2, 0.25) is 20.3 Å². The molecule has 24 nitrogen and oxygen atoms in total. The summed E-state index contributed by atoms with van der Waals surface area (Å²) in [7, 11) is -13.0. The van der Waals surface area contributed by atoms with E-state index in [1.165, 1.54) is 59.5 Å². The van der Waals surface area contributed by atoms with Crippen LogP contribution in [0, 0.1) is 41.3 Å². The van der Waals surface area contributed by atoms with E-state index in [1.54, 1.807) is 19.1 Å². The van der Waals surface area contributed by atoms with Gasteiger partial charge in [0.05, 0.1) is 14.6 Å². The Balaban J connectivity index is 0.000000162. The van der Waals surface area contributed by atoms with E-state index in [4.69, 9.17) is 94.6 Å². The van der Waals surface area contributed by atoms with Gasteiger partial charge in [-0.25, -0.2) is 39.4 Å². The van der Waals surface area contributed by atoms with Crippen LogP contribution in [0.2, 0.25) is 15.1 Å². The lowest BCUT2D eigenvalue weighted by molar-refractivity contribution is 0.0985. The number of aromatic nitrogens is 3. The molecule has 0 fully saturated rings. The third-order valence-corrected chi connectivity index (χ3v) is 20.8. The van der Waals surface area contributed by atoms with E-state index in [-0.39, 0.29) is 99.7 Å². The van der Waals surface area contributed by atoms with Gasteiger partial charge in [-0.15, -0.1) is 34.0 Å². The van der Waals surface area contributed by atoms with Crippen LogP contribution < -0.4 is 42.6 Å². The summed E-state index contributed by atoms with van der Waals surface area (Å²) in [5.41, 5.74) is 1.45. The van der Waals surface area contributed by atoms with Gasteiger partial charge in [0, 0.05) is 31.6 Å². The van der Waals surface area contributed by atoms with Crippen molar-refractivity contribution in [2.45, 2.75) is 75.3 Å². The molecule has 0 aliphatic carbocycles. The summed E-state index contributed by atoms with van der Waals surface area (Å²) >= 11 is 20.5. The number of carbonyl (C=O) groups is 3. The van der Waals surface area contributed by atoms with E-state index < -0.39 is 121 Å². The Kier molecular flexibility index (Phi) is 13.7. The number of Topliss-reactive ketones (excluding diaryl/α,β-unsaturated/α-hetero) is 3. The van der Waals surface area contributed by atoms with Gasteiger partial charge in [-0.3, -0.25) is 14.4 Å². The largest absolute Gasteiger partial charge is 0.454 e. The lowest BCUT2D eigenvalue weighted by atomic mass is 10.0. The molecule has 3 aromatic carbocycles. The number of hydrogen-bond donors (Lipinski definition) is 3. The summed E-state index contributed by atoms with van der Waals surface area (Å²) in [6.07, 6.45) is -0.739. The van der Waals surface area contributed by atoms with Crippen LogP contribution in [0.3, 0.4) is 0 Å². The minimum atomic E-state index is -4.38. The Labute approximate surface area is 540 Å². The average molecular weight is 1380 g/mol. The second-order valence-electron chi connectivity index (χ2n) is 18.1. The number of halogens is 3. The molecule has 0 spiro atoms. The van der Waals surface area contributed by atoms with E-state index in [2.05, 4.69) is 24.9 Å². The summed E-state index contributed by atoms with van der Waals surface area (Å²) in [5.74, 6) is -1.82. The Morgan fingerprint density at radius 1 is 0.483 bits per heavy atom. The number of benzene rings is 3. The lowest BCUT2D eigenvalue weighted by Gasteiger charge is -2.09. The number of anilines is 3. The zero-order chi connectivity index (χ0) is 73.4. The van der Waals surface area contributed by atoms with E-state index in [0.717, 1.165) is 45.6 Å². The SMILES string of the molecule is [2H]C([2H])([2H])c1noc(NS(=O)(=O)c2ccsc2C(=O)Cc2cc3c(cc2C)OCO3)c1Cl.[2H]C1([2H])Oc2cc(C)c(CC(=O)c3sccc3S(=O)(=O)Nc3onc(C([2H])([2H])[2H])c3Cl)cc2O1.[2H]C1([2H])Oc2cc(CC(=O)c3sccc3S(=O)(=O)Nc3onc(C)c3Cl)c(C([2H])([2H])[2H])cc2O1. The van der Waals surface area contributed by atoms with Gasteiger partial charge in [-0.05, 0) is 145 Å². The number of ketones is 3. The maximum atomic E-state index is 13.1. The van der Waals surface area contributed by atoms with Gasteiger partial charge in [0.1, 0.15) is 52.3 Å². The third-order valence-electron chi connectivity index (χ3n) is 12.3. The van der Waals surface area contributed by atoms with Crippen molar-refractivity contribution in [1.29, 1.82) is 0 Å². The van der Waals surface area contributed by atoms with Gasteiger partial charge < -0.3 is 42.0 Å². The summed E-state index contributed by atoms with van der Waals surface area (Å²) < 4.78 is 226. The number of fused-ring (bicyclic) bond motifs is 3. The first-order valence-electron chi connectivity index (χ1n) is 30.6. The molecule has 3 N–H and O–H groups in total. The van der Waals surface area contributed by atoms with Crippen molar-refractivity contribution in [3.05, 3.63) is 151 Å². The molecule has 0 radical (unpaired) electrons. The average Bonchev–Trinajstić information content (AvgIpc) is 1.61. The van der Waals surface area contributed by atoms with Gasteiger partial charge in [0.25, 0.3) is 47.7 Å². The Hall–Kier alpha value is -7.68. The molecule has 0 saturated heterocycles. The van der Waals surface area contributed by atoms with Crippen molar-refractivity contribution in [3.8, 4) is 34.5 Å². The second-order valence-corrected chi connectivity index (χ2v) is 26.9. The normalized spacial score (nSPS) is 16.7. The molecular formula is C54H45Cl3N6O18S6. The van der Waals surface area contributed by atoms with Crippen LogP contribution in [0.25, 0.3) is 0 Å². The molecule has 0 amide bonds. The van der Waals surface area contributed by atoms with Crippen LogP contribution in [-0.2, 0) is 49.3 Å². The summed E-state index contributed by atoms with van der Waals surface area (Å²) in [4.78, 5) is 37.9. The maximum Gasteiger partial charge on any atom is 0.265 e. The highest BCUT2D eigenvalue weighted by Crippen LogP contribution is 2.40. The topological polar surface area (TPSA) is 323 Å². The van der Waals surface area contributed by atoms with Gasteiger partial charge in [-0.1, -0.05) is 50.3 Å². The van der Waals surface area contributed by atoms with Crippen LogP contribution >= 0.6 is 68.8 Å². The highest BCUT2D eigenvalue weighted by atomic mass is 35.5. The van der Waals surface area contributed by atoms with Crippen molar-refractivity contribution >= 4 is 134 Å². The number of hydrogen-bond acceptors (Lipinski definition) is 24. The van der Waals surface area contributed by atoms with Crippen molar-refractivity contribution in [2.24, 2.45) is 0 Å². The summed E-state index contributed by atoms with van der Waals surface area (Å²) in [5, 5.41) is 13.4. The molecular weight excluding hydrogens is 1320 g/mol. The van der Waals surface area contributed by atoms with Crippen molar-refractivity contribution < 1.29 is 99.4 Å². The molecule has 9 aromatic rings. The van der Waals surface area contributed by atoms with Crippen LogP contribution in [0.4, 0.5) is 17.7 Å². The Morgan fingerprint density at radius 3 is 1.13 bits per heavy atom. The number of nitrogens with one attached hydrogen (secondary N) is 3. The zero-order valence-electron chi connectivity index (χ0n) is 57.0. The molecule has 6 aromatic heterocycles. The molecule has 33 heteroatoms. The standard InChI is InChI=1S/3C18H15ClN2O6S2/c3*1-9-5-13-14(26-8-25-13)7-11(9)6-12(22)17-15(3-4-28-17)29(23,24)21-18-16(19)10(2)20-27-18/h3*3-5,7,21H,6,8H2,1-2H3/i2D3,8D2;1D3,8D2;2D3. The number of rotatable bonds is 18. The highest BCUT2D eigenvalue weighted by Gasteiger charge is 2.32. The van der Waals surface area contributed by atoms with Crippen LogP contribution in [0.1, 0.15) is 97.3 Å². The minimum Gasteiger partial charge on any atom is -0.454 e. The van der Waals surface area contributed by atoms with Crippen LogP contribution in [-0.4, -0.2) is 78.4 Å². The molecule has 3 aliphatic heterocycles. The summed E-state index contributed by atoms with van der Waals surface area (Å²) in [6, 6.07) is 12.5. The lowest BCUT2D eigenvalue weighted by Crippen LogP contribution is -2.16. The van der Waals surface area contributed by atoms with E-state index >= 15 is 0 Å². The third kappa shape index (κ3) is 13.4. The van der Waals surface area contributed by atoms with Crippen molar-refractivity contribution in [1.82, 2.24) is 15.5 Å². The van der Waals surface area contributed by atoms with Crippen molar-refractivity contribution in [3.63, 3.8) is 0 Å². The Morgan fingerprint density at radius 2 is 0.793 bits per heavy atom. The molecule has 456 valence electrons. The number of aryl methyl sites for hydroxylation is 6. The smallest absolute Gasteiger partial charge is 0.265 e. The molecule has 0 atom stereocenters. The number of ether oxygens (including phenoxy) is 6. The van der Waals surface area contributed by atoms with Crippen LogP contribution in [0.5, 0.6) is 34.5 Å². The monoisotopic (exact) mass is 1380 g/mol. The fourth-order valence-corrected chi connectivity index (χ4v) is 15.7. The van der Waals surface area contributed by atoms with E-state index in [0.29, 0.717) is 28.2 Å². The fourth-order valence-electron chi connectivity index (χ4n) is 7.99. The number of thiophene rings is 3. The fraction of sp³-hybridized carbons (Fsp3) is 0.222. The number of nitrogens with zero attached hydrogens (tertiary/aromatic N) is 3. The first-order chi connectivity index (χ1) is 46.3. The zero-order valence-corrected chi connectivity index (χ0v) is 51.2. The molecule has 87 heavy (non-hydrogen) atoms. The quantitative estimate of drug-likeness (QED) is 0.0672. The molecule has 0 bridgehead atoms. The van der Waals surface area contributed by atoms with Gasteiger partial charge >= 0.3 is 0 Å². The predicted molar refractivity (Wildman–Crippen MR) is 320 cm³/mol. The van der Waals surface area contributed by atoms with Gasteiger partial charge in [0.15, 0.2) is 51.8 Å². The molecule has 12 rings (SSSR count). The van der Waals surface area contributed by atoms with E-state index in [9.17, 15) is 39.6 Å². The second kappa shape index (κ2) is 25.2. The van der Waals surface area contributed by atoms with Crippen LogP contribution in [0.15, 0.2) is 99.0 Å². The first kappa shape index (κ1) is 47.4. The molecule has 0 unspecified atom stereocenters. The number of sulfonamides is 3. The van der Waals surface area contributed by atoms with Crippen molar-refractivity contribution in [2.75, 3.05) is 34.4 Å².